The molecule has 2 aromatic rings. The maximum absolute atomic E-state index is 9.70. The van der Waals surface area contributed by atoms with Gasteiger partial charge < -0.3 is 5.11 Å². The van der Waals surface area contributed by atoms with Gasteiger partial charge >= 0.3 is 0 Å². The normalized spacial score (nSPS) is 11.8. The topological polar surface area (TPSA) is 57.0 Å². The van der Waals surface area contributed by atoms with Crippen molar-refractivity contribution in [2.75, 3.05) is 0 Å². The number of hydrazone groups is 1. The van der Waals surface area contributed by atoms with Crippen LogP contribution in [0.2, 0.25) is 0 Å². The van der Waals surface area contributed by atoms with Crippen LogP contribution in [0.4, 0.5) is 0 Å². The predicted molar refractivity (Wildman–Crippen MR) is 88.0 cm³/mol. The molecule has 0 fully saturated rings. The fourth-order valence-electron chi connectivity index (χ4n) is 1.49. The Bertz CT molecular complexity index is 648. The summed E-state index contributed by atoms with van der Waals surface area (Å²) in [7, 11) is 0. The number of para-hydroxylation sites is 1. The van der Waals surface area contributed by atoms with Crippen molar-refractivity contribution in [2.45, 2.75) is 6.92 Å². The first-order chi connectivity index (χ1) is 9.66. The summed E-state index contributed by atoms with van der Waals surface area (Å²) in [6, 6.07) is 10.9. The number of nitrogens with zero attached hydrogens (tertiary/aromatic N) is 2. The Kier molecular flexibility index (Phi) is 4.97. The summed E-state index contributed by atoms with van der Waals surface area (Å²) in [6.45, 7) is 1.79. The molecule has 0 aliphatic heterocycles. The number of thiocarbonyl (C=S) groups is 1. The zero-order valence-electron chi connectivity index (χ0n) is 10.8. The van der Waals surface area contributed by atoms with Crippen LogP contribution in [-0.2, 0) is 0 Å². The van der Waals surface area contributed by atoms with Gasteiger partial charge in [-0.15, -0.1) is 11.3 Å². The van der Waals surface area contributed by atoms with Gasteiger partial charge in [-0.1, -0.05) is 18.2 Å². The number of benzene rings is 1. The molecule has 1 aromatic carbocycles. The number of aliphatic imine (C=N–C) groups is 1. The maximum atomic E-state index is 9.70. The zero-order valence-corrected chi connectivity index (χ0v) is 12.4. The second-order valence-corrected chi connectivity index (χ2v) is 5.27. The van der Waals surface area contributed by atoms with Crippen molar-refractivity contribution in [1.29, 1.82) is 0 Å². The first-order valence-electron chi connectivity index (χ1n) is 5.87. The van der Waals surface area contributed by atoms with E-state index >= 15 is 0 Å². The highest BCUT2D eigenvalue weighted by atomic mass is 32.1. The number of nitrogens with one attached hydrogen (secondary N) is 1. The Labute approximate surface area is 126 Å². The van der Waals surface area contributed by atoms with Crippen LogP contribution >= 0.6 is 23.6 Å². The summed E-state index contributed by atoms with van der Waals surface area (Å²) >= 11 is 6.64. The monoisotopic (exact) mass is 303 g/mol. The summed E-state index contributed by atoms with van der Waals surface area (Å²) in [4.78, 5) is 5.11. The molecule has 0 saturated carbocycles. The van der Waals surface area contributed by atoms with Crippen LogP contribution in [0.1, 0.15) is 17.4 Å². The molecule has 4 nitrogen and oxygen atoms in total. The predicted octanol–water partition coefficient (Wildman–Crippen LogP) is 3.17. The fourth-order valence-corrected chi connectivity index (χ4v) is 2.17. The van der Waals surface area contributed by atoms with E-state index in [-0.39, 0.29) is 10.9 Å². The second kappa shape index (κ2) is 6.93. The zero-order chi connectivity index (χ0) is 14.4. The molecule has 2 N–H and O–H groups in total. The van der Waals surface area contributed by atoms with Gasteiger partial charge in [0.25, 0.3) is 0 Å². The summed E-state index contributed by atoms with van der Waals surface area (Å²) in [5.41, 5.74) is 3.98. The lowest BCUT2D eigenvalue weighted by molar-refractivity contribution is 0.474. The highest BCUT2D eigenvalue weighted by molar-refractivity contribution is 7.80. The van der Waals surface area contributed by atoms with Crippen molar-refractivity contribution in [2.24, 2.45) is 10.1 Å². The number of thiophene rings is 1. The number of rotatable bonds is 3. The van der Waals surface area contributed by atoms with Gasteiger partial charge in [0, 0.05) is 16.7 Å². The van der Waals surface area contributed by atoms with Crippen LogP contribution in [0, 0.1) is 0 Å². The van der Waals surface area contributed by atoms with Gasteiger partial charge in [-0.25, -0.2) is 4.99 Å². The fraction of sp³-hybridized carbons (Fsp3) is 0.0714. The van der Waals surface area contributed by atoms with E-state index in [1.807, 2.05) is 23.6 Å². The molecule has 2 rings (SSSR count). The second-order valence-electron chi connectivity index (χ2n) is 3.90. The molecule has 0 aliphatic rings. The molecule has 0 spiro atoms. The van der Waals surface area contributed by atoms with E-state index in [1.165, 1.54) is 0 Å². The van der Waals surface area contributed by atoms with Gasteiger partial charge in [0.05, 0.1) is 5.71 Å². The molecule has 102 valence electrons. The molecule has 6 heteroatoms. The smallest absolute Gasteiger partial charge is 0.213 e. The number of hydrogen-bond donors (Lipinski definition) is 2. The van der Waals surface area contributed by atoms with Gasteiger partial charge in [-0.05, 0) is 42.7 Å². The van der Waals surface area contributed by atoms with Crippen molar-refractivity contribution in [1.82, 2.24) is 5.43 Å². The van der Waals surface area contributed by atoms with Crippen molar-refractivity contribution in [3.05, 3.63) is 52.2 Å². The lowest BCUT2D eigenvalue weighted by Gasteiger charge is -2.03. The molecule has 1 aromatic heterocycles. The molecule has 0 unspecified atom stereocenters. The van der Waals surface area contributed by atoms with Gasteiger partial charge in [0.2, 0.25) is 5.11 Å². The van der Waals surface area contributed by atoms with Crippen LogP contribution in [0.15, 0.2) is 51.9 Å². The summed E-state index contributed by atoms with van der Waals surface area (Å²) < 4.78 is 0. The molecule has 0 aliphatic carbocycles. The number of phenolic OH excluding ortho intramolecular Hbond substituents is 1. The minimum atomic E-state index is 0.184. The molecule has 0 saturated heterocycles. The third-order valence-electron chi connectivity index (χ3n) is 2.47. The quantitative estimate of drug-likeness (QED) is 0.520. The standard InChI is InChI=1S/C14H13N3OS2/c1-10(12-6-2-3-7-13(12)18)16-17-14(19)15-9-11-5-4-8-20-11/h2-9,18H,1H3,(H,17,19)/b15-9+,16-10+. The Morgan fingerprint density at radius 3 is 2.80 bits per heavy atom. The number of phenols is 1. The van der Waals surface area contributed by atoms with Gasteiger partial charge in [0.15, 0.2) is 0 Å². The van der Waals surface area contributed by atoms with E-state index in [9.17, 15) is 5.11 Å². The first-order valence-corrected chi connectivity index (χ1v) is 7.16. The molecule has 1 heterocycles. The molecular weight excluding hydrogens is 290 g/mol. The Morgan fingerprint density at radius 1 is 1.30 bits per heavy atom. The summed E-state index contributed by atoms with van der Waals surface area (Å²) in [5, 5.41) is 16.1. The van der Waals surface area contributed by atoms with E-state index in [4.69, 9.17) is 12.2 Å². The van der Waals surface area contributed by atoms with Crippen LogP contribution in [0.5, 0.6) is 5.75 Å². The molecule has 0 amide bonds. The van der Waals surface area contributed by atoms with E-state index in [2.05, 4.69) is 15.5 Å². The van der Waals surface area contributed by atoms with Gasteiger partial charge in [-0.3, -0.25) is 5.43 Å². The van der Waals surface area contributed by atoms with Crippen LogP contribution in [0.3, 0.4) is 0 Å². The van der Waals surface area contributed by atoms with E-state index in [1.54, 1.807) is 42.7 Å². The molecular formula is C14H13N3OS2. The van der Waals surface area contributed by atoms with Crippen LogP contribution in [-0.4, -0.2) is 22.1 Å². The highest BCUT2D eigenvalue weighted by Gasteiger charge is 2.03. The first kappa shape index (κ1) is 14.4. The molecule has 0 radical (unpaired) electrons. The number of hydrogen-bond acceptors (Lipinski definition) is 4. The average molecular weight is 303 g/mol. The van der Waals surface area contributed by atoms with Crippen molar-refractivity contribution in [3.63, 3.8) is 0 Å². The van der Waals surface area contributed by atoms with Crippen molar-refractivity contribution < 1.29 is 5.11 Å². The minimum Gasteiger partial charge on any atom is -0.507 e. The number of aromatic hydroxyl groups is 1. The lowest BCUT2D eigenvalue weighted by atomic mass is 10.1. The van der Waals surface area contributed by atoms with E-state index < -0.39 is 0 Å². The molecule has 0 atom stereocenters. The SMILES string of the molecule is C/C(=N\NC(=S)/N=C/c1cccs1)c1ccccc1O. The Hall–Kier alpha value is -2.05. The minimum absolute atomic E-state index is 0.184. The third-order valence-corrected chi connectivity index (χ3v) is 3.47. The maximum Gasteiger partial charge on any atom is 0.213 e. The highest BCUT2D eigenvalue weighted by Crippen LogP contribution is 2.16. The van der Waals surface area contributed by atoms with Crippen molar-refractivity contribution >= 4 is 40.6 Å². The largest absolute Gasteiger partial charge is 0.507 e. The van der Waals surface area contributed by atoms with Gasteiger partial charge in [-0.2, -0.15) is 5.10 Å². The lowest BCUT2D eigenvalue weighted by Crippen LogP contribution is -2.15. The summed E-state index contributed by atoms with van der Waals surface area (Å²) in [6.07, 6.45) is 1.69. The molecule has 20 heavy (non-hydrogen) atoms. The van der Waals surface area contributed by atoms with Gasteiger partial charge in [0.1, 0.15) is 5.75 Å². The van der Waals surface area contributed by atoms with Crippen LogP contribution < -0.4 is 5.43 Å². The third kappa shape index (κ3) is 3.97. The average Bonchev–Trinajstić information content (AvgIpc) is 2.96. The Balaban J connectivity index is 1.98. The molecule has 0 bridgehead atoms. The summed E-state index contributed by atoms with van der Waals surface area (Å²) in [5.74, 6) is 0.184. The van der Waals surface area contributed by atoms with E-state index in [0.29, 0.717) is 11.3 Å². The van der Waals surface area contributed by atoms with Crippen molar-refractivity contribution in [3.8, 4) is 5.75 Å². The van der Waals surface area contributed by atoms with Crippen LogP contribution in [0.25, 0.3) is 0 Å². The Morgan fingerprint density at radius 2 is 2.10 bits per heavy atom. The van der Waals surface area contributed by atoms with E-state index in [0.717, 1.165) is 4.88 Å².